The first kappa shape index (κ1) is 15.4. The van der Waals surface area contributed by atoms with Gasteiger partial charge in [0.15, 0.2) is 0 Å². The molecule has 2 amide bonds. The molecule has 0 aliphatic carbocycles. The minimum atomic E-state index is -0.264. The Bertz CT molecular complexity index is 399. The SMILES string of the molecule is CC(CCO)CNC(=O)NCCc1cccc(F)c1. The number of halogens is 1. The van der Waals surface area contributed by atoms with Crippen LogP contribution in [0.5, 0.6) is 0 Å². The van der Waals surface area contributed by atoms with Crippen LogP contribution in [0.15, 0.2) is 24.3 Å². The molecule has 0 spiro atoms. The van der Waals surface area contributed by atoms with Crippen molar-refractivity contribution < 1.29 is 14.3 Å². The summed E-state index contributed by atoms with van der Waals surface area (Å²) in [6, 6.07) is 6.10. The van der Waals surface area contributed by atoms with Crippen molar-refractivity contribution in [2.24, 2.45) is 5.92 Å². The molecule has 0 bridgehead atoms. The highest BCUT2D eigenvalue weighted by atomic mass is 19.1. The molecule has 1 unspecified atom stereocenters. The Kier molecular flexibility index (Phi) is 6.89. The van der Waals surface area contributed by atoms with Crippen molar-refractivity contribution in [2.75, 3.05) is 19.7 Å². The Hall–Kier alpha value is -1.62. The van der Waals surface area contributed by atoms with Gasteiger partial charge in [0, 0.05) is 19.7 Å². The number of carbonyl (C=O) groups is 1. The van der Waals surface area contributed by atoms with Gasteiger partial charge in [0.2, 0.25) is 0 Å². The number of hydrogen-bond donors (Lipinski definition) is 3. The van der Waals surface area contributed by atoms with Gasteiger partial charge in [-0.2, -0.15) is 0 Å². The quantitative estimate of drug-likeness (QED) is 0.704. The van der Waals surface area contributed by atoms with Crippen LogP contribution < -0.4 is 10.6 Å². The number of hydrogen-bond acceptors (Lipinski definition) is 2. The molecule has 1 aromatic rings. The molecular weight excluding hydrogens is 247 g/mol. The van der Waals surface area contributed by atoms with Gasteiger partial charge >= 0.3 is 6.03 Å². The molecule has 1 aromatic carbocycles. The van der Waals surface area contributed by atoms with E-state index in [2.05, 4.69) is 10.6 Å². The second kappa shape index (κ2) is 8.48. The van der Waals surface area contributed by atoms with Crippen LogP contribution in [0, 0.1) is 11.7 Å². The first-order chi connectivity index (χ1) is 9.11. The highest BCUT2D eigenvalue weighted by molar-refractivity contribution is 5.73. The lowest BCUT2D eigenvalue weighted by Gasteiger charge is -2.12. The van der Waals surface area contributed by atoms with E-state index in [0.717, 1.165) is 5.56 Å². The van der Waals surface area contributed by atoms with Crippen molar-refractivity contribution in [3.05, 3.63) is 35.6 Å². The summed E-state index contributed by atoms with van der Waals surface area (Å²) in [5.41, 5.74) is 0.856. The van der Waals surface area contributed by atoms with Crippen LogP contribution in [-0.4, -0.2) is 30.8 Å². The predicted molar refractivity (Wildman–Crippen MR) is 72.4 cm³/mol. The maximum atomic E-state index is 12.9. The van der Waals surface area contributed by atoms with Gasteiger partial charge in [0.1, 0.15) is 5.82 Å². The van der Waals surface area contributed by atoms with Gasteiger partial charge in [-0.15, -0.1) is 0 Å². The number of carbonyl (C=O) groups excluding carboxylic acids is 1. The summed E-state index contributed by atoms with van der Waals surface area (Å²) in [6.07, 6.45) is 1.26. The molecule has 19 heavy (non-hydrogen) atoms. The molecule has 0 aliphatic heterocycles. The third-order valence-corrected chi connectivity index (χ3v) is 2.82. The summed E-state index contributed by atoms with van der Waals surface area (Å²) >= 11 is 0. The maximum absolute atomic E-state index is 12.9. The highest BCUT2D eigenvalue weighted by Crippen LogP contribution is 2.03. The first-order valence-electron chi connectivity index (χ1n) is 6.49. The van der Waals surface area contributed by atoms with Crippen molar-refractivity contribution in [3.63, 3.8) is 0 Å². The van der Waals surface area contributed by atoms with Gasteiger partial charge in [-0.25, -0.2) is 9.18 Å². The van der Waals surface area contributed by atoms with Crippen LogP contribution in [0.2, 0.25) is 0 Å². The zero-order chi connectivity index (χ0) is 14.1. The third kappa shape index (κ3) is 6.76. The van der Waals surface area contributed by atoms with E-state index in [9.17, 15) is 9.18 Å². The molecule has 1 atom stereocenters. The van der Waals surface area contributed by atoms with E-state index >= 15 is 0 Å². The fraction of sp³-hybridized carbons (Fsp3) is 0.500. The van der Waals surface area contributed by atoms with Crippen LogP contribution in [0.3, 0.4) is 0 Å². The predicted octanol–water partition coefficient (Wildman–Crippen LogP) is 1.69. The average molecular weight is 268 g/mol. The van der Waals surface area contributed by atoms with Crippen molar-refractivity contribution in [1.29, 1.82) is 0 Å². The number of aliphatic hydroxyl groups is 1. The van der Waals surface area contributed by atoms with Crippen LogP contribution in [-0.2, 0) is 6.42 Å². The summed E-state index contributed by atoms with van der Waals surface area (Å²) in [4.78, 5) is 11.5. The van der Waals surface area contributed by atoms with Gasteiger partial charge < -0.3 is 15.7 Å². The molecule has 3 N–H and O–H groups in total. The first-order valence-corrected chi connectivity index (χ1v) is 6.49. The van der Waals surface area contributed by atoms with Gasteiger partial charge in [-0.3, -0.25) is 0 Å². The molecule has 0 aromatic heterocycles. The van der Waals surface area contributed by atoms with Crippen molar-refractivity contribution in [2.45, 2.75) is 19.8 Å². The second-order valence-electron chi connectivity index (χ2n) is 4.63. The molecule has 0 saturated carbocycles. The summed E-state index contributed by atoms with van der Waals surface area (Å²) < 4.78 is 12.9. The number of benzene rings is 1. The normalized spacial score (nSPS) is 11.9. The number of aliphatic hydroxyl groups excluding tert-OH is 1. The Morgan fingerprint density at radius 3 is 2.89 bits per heavy atom. The van der Waals surface area contributed by atoms with E-state index in [0.29, 0.717) is 25.9 Å². The Balaban J connectivity index is 2.17. The van der Waals surface area contributed by atoms with Gasteiger partial charge in [-0.1, -0.05) is 19.1 Å². The van der Waals surface area contributed by atoms with E-state index < -0.39 is 0 Å². The molecule has 0 fully saturated rings. The van der Waals surface area contributed by atoms with E-state index in [1.165, 1.54) is 12.1 Å². The smallest absolute Gasteiger partial charge is 0.314 e. The summed E-state index contributed by atoms with van der Waals surface area (Å²) in [7, 11) is 0. The minimum Gasteiger partial charge on any atom is -0.396 e. The Labute approximate surface area is 113 Å². The van der Waals surface area contributed by atoms with Gasteiger partial charge in [-0.05, 0) is 36.5 Å². The summed E-state index contributed by atoms with van der Waals surface area (Å²) in [5.74, 6) is -0.0150. The average Bonchev–Trinajstić information content (AvgIpc) is 2.37. The van der Waals surface area contributed by atoms with Gasteiger partial charge in [0.25, 0.3) is 0 Å². The maximum Gasteiger partial charge on any atom is 0.314 e. The monoisotopic (exact) mass is 268 g/mol. The van der Waals surface area contributed by atoms with Crippen LogP contribution in [0.25, 0.3) is 0 Å². The summed E-state index contributed by atoms with van der Waals surface area (Å²) in [6.45, 7) is 3.09. The topological polar surface area (TPSA) is 61.4 Å². The number of nitrogens with one attached hydrogen (secondary N) is 2. The fourth-order valence-electron chi connectivity index (χ4n) is 1.66. The lowest BCUT2D eigenvalue weighted by Crippen LogP contribution is -2.38. The van der Waals surface area contributed by atoms with Crippen molar-refractivity contribution >= 4 is 6.03 Å². The molecule has 0 heterocycles. The largest absolute Gasteiger partial charge is 0.396 e. The van der Waals surface area contributed by atoms with Gasteiger partial charge in [0.05, 0.1) is 0 Å². The number of rotatable bonds is 7. The van der Waals surface area contributed by atoms with Crippen LogP contribution >= 0.6 is 0 Å². The molecule has 4 nitrogen and oxygen atoms in total. The number of urea groups is 1. The van der Waals surface area contributed by atoms with E-state index in [-0.39, 0.29) is 24.4 Å². The zero-order valence-corrected chi connectivity index (χ0v) is 11.2. The molecule has 0 saturated heterocycles. The zero-order valence-electron chi connectivity index (χ0n) is 11.2. The van der Waals surface area contributed by atoms with E-state index in [1.54, 1.807) is 6.07 Å². The lowest BCUT2D eigenvalue weighted by molar-refractivity contribution is 0.234. The Morgan fingerprint density at radius 1 is 1.42 bits per heavy atom. The molecule has 0 radical (unpaired) electrons. The third-order valence-electron chi connectivity index (χ3n) is 2.82. The minimum absolute atomic E-state index is 0.129. The van der Waals surface area contributed by atoms with E-state index in [4.69, 9.17) is 5.11 Å². The second-order valence-corrected chi connectivity index (χ2v) is 4.63. The van der Waals surface area contributed by atoms with Crippen LogP contribution in [0.4, 0.5) is 9.18 Å². The van der Waals surface area contributed by atoms with Crippen molar-refractivity contribution in [1.82, 2.24) is 10.6 Å². The molecular formula is C14H21FN2O2. The molecule has 106 valence electrons. The highest BCUT2D eigenvalue weighted by Gasteiger charge is 2.04. The lowest BCUT2D eigenvalue weighted by atomic mass is 10.1. The molecule has 0 aliphatic rings. The standard InChI is InChI=1S/C14H21FN2O2/c1-11(6-8-18)10-17-14(19)16-7-5-12-3-2-4-13(15)9-12/h2-4,9,11,18H,5-8,10H2,1H3,(H2,16,17,19). The summed E-state index contributed by atoms with van der Waals surface area (Å²) in [5, 5.41) is 14.2. The number of amides is 2. The molecule has 1 rings (SSSR count). The van der Waals surface area contributed by atoms with Crippen LogP contribution in [0.1, 0.15) is 18.9 Å². The Morgan fingerprint density at radius 2 is 2.21 bits per heavy atom. The van der Waals surface area contributed by atoms with Crippen molar-refractivity contribution in [3.8, 4) is 0 Å². The molecule has 5 heteroatoms. The fourth-order valence-corrected chi connectivity index (χ4v) is 1.66. The van der Waals surface area contributed by atoms with E-state index in [1.807, 2.05) is 13.0 Å².